The molecule has 0 saturated carbocycles. The number of anilines is 2. The van der Waals surface area contributed by atoms with Gasteiger partial charge in [0, 0.05) is 23.5 Å². The number of hydrogen-bond donors (Lipinski definition) is 1. The van der Waals surface area contributed by atoms with Gasteiger partial charge in [-0.2, -0.15) is 0 Å². The van der Waals surface area contributed by atoms with Gasteiger partial charge in [-0.05, 0) is 89.5 Å². The smallest absolute Gasteiger partial charge is 0.338 e. The van der Waals surface area contributed by atoms with Gasteiger partial charge in [0.15, 0.2) is 0 Å². The number of carbonyl (C=O) groups excluding carboxylic acids is 1. The van der Waals surface area contributed by atoms with Crippen LogP contribution in [0, 0.1) is 0 Å². The van der Waals surface area contributed by atoms with Crippen LogP contribution in [-0.4, -0.2) is 26.8 Å². The maximum atomic E-state index is 14.1. The maximum Gasteiger partial charge on any atom is 0.338 e. The predicted molar refractivity (Wildman–Crippen MR) is 187 cm³/mol. The zero-order valence-corrected chi connectivity index (χ0v) is 28.0. The van der Waals surface area contributed by atoms with Gasteiger partial charge in [-0.1, -0.05) is 76.2 Å². The van der Waals surface area contributed by atoms with Crippen molar-refractivity contribution in [1.82, 2.24) is 0 Å². The van der Waals surface area contributed by atoms with E-state index >= 15 is 0 Å². The zero-order valence-electron chi connectivity index (χ0n) is 28.0. The molecule has 0 aliphatic carbocycles. The molecule has 46 heavy (non-hydrogen) atoms. The summed E-state index contributed by atoms with van der Waals surface area (Å²) in [5.41, 5.74) is 7.98. The summed E-state index contributed by atoms with van der Waals surface area (Å²) >= 11 is 0. The van der Waals surface area contributed by atoms with E-state index in [2.05, 4.69) is 98.6 Å². The van der Waals surface area contributed by atoms with Crippen LogP contribution in [0.2, 0.25) is 0 Å². The molecule has 1 aliphatic heterocycles. The van der Waals surface area contributed by atoms with Crippen LogP contribution in [0.1, 0.15) is 87.2 Å². The summed E-state index contributed by atoms with van der Waals surface area (Å²) in [5, 5.41) is 3.68. The van der Waals surface area contributed by atoms with Gasteiger partial charge < -0.3 is 24.4 Å². The highest BCUT2D eigenvalue weighted by Crippen LogP contribution is 2.48. The van der Waals surface area contributed by atoms with Gasteiger partial charge >= 0.3 is 5.97 Å². The van der Waals surface area contributed by atoms with Crippen molar-refractivity contribution in [3.8, 4) is 11.5 Å². The first-order chi connectivity index (χ1) is 22.2. The summed E-state index contributed by atoms with van der Waals surface area (Å²) in [7, 11) is 3.34. The van der Waals surface area contributed by atoms with Crippen LogP contribution in [0.5, 0.6) is 11.5 Å². The number of ether oxygens (including phenoxy) is 3. The van der Waals surface area contributed by atoms with E-state index in [9.17, 15) is 4.79 Å². The average Bonchev–Trinajstić information content (AvgIpc) is 3.08. The first-order valence-electron chi connectivity index (χ1n) is 16.2. The van der Waals surface area contributed by atoms with E-state index < -0.39 is 6.04 Å². The van der Waals surface area contributed by atoms with Crippen LogP contribution in [-0.2, 0) is 9.53 Å². The van der Waals surface area contributed by atoms with Gasteiger partial charge in [0.2, 0.25) is 0 Å². The Kier molecular flexibility index (Phi) is 10.4. The molecule has 0 spiro atoms. The molecule has 0 bridgehead atoms. The Balaban J connectivity index is 1.75. The highest BCUT2D eigenvalue weighted by Gasteiger charge is 2.42. The van der Waals surface area contributed by atoms with E-state index in [-0.39, 0.29) is 18.6 Å². The number of benzene rings is 4. The third kappa shape index (κ3) is 7.07. The Morgan fingerprint density at radius 1 is 0.739 bits per heavy atom. The standard InChI is InChI=1S/C40H46N2O4/c1-8-46-40(43)38-36(41-32-17-9-28(10-18-32)26(2)3)25-37(30-13-21-34(44-6)22-14-30)42(33-19-11-29(12-20-33)27(4)5)39(38)31-15-23-35(45-7)24-16-31/h9-24,26-27,37,39,41H,8,25H2,1-7H3. The van der Waals surface area contributed by atoms with Gasteiger partial charge in [-0.25, -0.2) is 4.79 Å². The maximum absolute atomic E-state index is 14.1. The van der Waals surface area contributed by atoms with Crippen LogP contribution in [0.4, 0.5) is 11.4 Å². The topological polar surface area (TPSA) is 60.0 Å². The molecule has 2 atom stereocenters. The van der Waals surface area contributed by atoms with Gasteiger partial charge in [-0.3, -0.25) is 0 Å². The lowest BCUT2D eigenvalue weighted by molar-refractivity contribution is -0.139. The van der Waals surface area contributed by atoms with Crippen molar-refractivity contribution in [2.24, 2.45) is 0 Å². The molecule has 0 aromatic heterocycles. The lowest BCUT2D eigenvalue weighted by Gasteiger charge is -2.46. The van der Waals surface area contributed by atoms with Crippen molar-refractivity contribution in [2.45, 2.75) is 65.0 Å². The van der Waals surface area contributed by atoms with Crippen LogP contribution >= 0.6 is 0 Å². The van der Waals surface area contributed by atoms with Crippen LogP contribution in [0.3, 0.4) is 0 Å². The predicted octanol–water partition coefficient (Wildman–Crippen LogP) is 9.57. The Hall–Kier alpha value is -4.71. The number of nitrogens with one attached hydrogen (secondary N) is 1. The third-order valence-corrected chi connectivity index (χ3v) is 8.77. The molecule has 6 heteroatoms. The fourth-order valence-electron chi connectivity index (χ4n) is 6.15. The van der Waals surface area contributed by atoms with Crippen molar-refractivity contribution in [2.75, 3.05) is 31.0 Å². The Bertz CT molecular complexity index is 1620. The SMILES string of the molecule is CCOC(=O)C1=C(Nc2ccc(C(C)C)cc2)CC(c2ccc(OC)cc2)N(c2ccc(C(C)C)cc2)C1c1ccc(OC)cc1. The summed E-state index contributed by atoms with van der Waals surface area (Å²) in [6, 6.07) is 32.9. The minimum absolute atomic E-state index is 0.112. The normalized spacial score (nSPS) is 16.5. The lowest BCUT2D eigenvalue weighted by atomic mass is 9.84. The minimum atomic E-state index is -0.451. The van der Waals surface area contributed by atoms with Gasteiger partial charge in [0.05, 0.1) is 38.5 Å². The molecule has 2 unspecified atom stereocenters. The minimum Gasteiger partial charge on any atom is -0.497 e. The van der Waals surface area contributed by atoms with E-state index in [1.807, 2.05) is 43.3 Å². The summed E-state index contributed by atoms with van der Waals surface area (Å²) in [4.78, 5) is 16.5. The fourth-order valence-corrected chi connectivity index (χ4v) is 6.15. The van der Waals surface area contributed by atoms with Gasteiger partial charge in [0.25, 0.3) is 0 Å². The van der Waals surface area contributed by atoms with Crippen LogP contribution in [0.25, 0.3) is 0 Å². The summed E-state index contributed by atoms with van der Waals surface area (Å²) < 4.78 is 16.8. The number of carbonyl (C=O) groups is 1. The first kappa shape index (κ1) is 32.7. The molecule has 4 aromatic carbocycles. The zero-order chi connectivity index (χ0) is 32.8. The molecule has 5 rings (SSSR count). The van der Waals surface area contributed by atoms with Gasteiger partial charge in [0.1, 0.15) is 11.5 Å². The number of hydrogen-bond acceptors (Lipinski definition) is 6. The molecule has 6 nitrogen and oxygen atoms in total. The quantitative estimate of drug-likeness (QED) is 0.169. The summed E-state index contributed by atoms with van der Waals surface area (Å²) in [6.07, 6.45) is 0.561. The summed E-state index contributed by atoms with van der Waals surface area (Å²) in [5.74, 6) is 2.04. The molecule has 1 heterocycles. The van der Waals surface area contributed by atoms with Crippen molar-refractivity contribution < 1.29 is 19.0 Å². The lowest BCUT2D eigenvalue weighted by Crippen LogP contribution is -2.41. The van der Waals surface area contributed by atoms with E-state index in [0.717, 1.165) is 39.7 Å². The largest absolute Gasteiger partial charge is 0.497 e. The molecular formula is C40H46N2O4. The van der Waals surface area contributed by atoms with Crippen LogP contribution in [0.15, 0.2) is 108 Å². The highest BCUT2D eigenvalue weighted by molar-refractivity contribution is 5.93. The molecule has 4 aromatic rings. The summed E-state index contributed by atoms with van der Waals surface area (Å²) in [6.45, 7) is 10.9. The number of nitrogens with zero attached hydrogens (tertiary/aromatic N) is 1. The number of methoxy groups -OCH3 is 2. The molecule has 0 saturated heterocycles. The van der Waals surface area contributed by atoms with Crippen molar-refractivity contribution in [3.63, 3.8) is 0 Å². The Labute approximate surface area is 274 Å². The van der Waals surface area contributed by atoms with Crippen LogP contribution < -0.4 is 19.7 Å². The average molecular weight is 619 g/mol. The van der Waals surface area contributed by atoms with Crippen molar-refractivity contribution >= 4 is 17.3 Å². The highest BCUT2D eigenvalue weighted by atomic mass is 16.5. The molecule has 1 N–H and O–H groups in total. The van der Waals surface area contributed by atoms with E-state index in [1.165, 1.54) is 11.1 Å². The molecule has 0 amide bonds. The molecule has 0 radical (unpaired) electrons. The number of rotatable bonds is 11. The fraction of sp³-hybridized carbons (Fsp3) is 0.325. The monoisotopic (exact) mass is 618 g/mol. The second kappa shape index (κ2) is 14.6. The van der Waals surface area contributed by atoms with Crippen molar-refractivity contribution in [1.29, 1.82) is 0 Å². The molecular weight excluding hydrogens is 572 g/mol. The Morgan fingerprint density at radius 3 is 1.72 bits per heavy atom. The molecule has 0 fully saturated rings. The third-order valence-electron chi connectivity index (χ3n) is 8.77. The Morgan fingerprint density at radius 2 is 1.24 bits per heavy atom. The van der Waals surface area contributed by atoms with E-state index in [4.69, 9.17) is 14.2 Å². The second-order valence-electron chi connectivity index (χ2n) is 12.3. The first-order valence-corrected chi connectivity index (χ1v) is 16.2. The molecule has 240 valence electrons. The van der Waals surface area contributed by atoms with Gasteiger partial charge in [-0.15, -0.1) is 0 Å². The second-order valence-corrected chi connectivity index (χ2v) is 12.3. The van der Waals surface area contributed by atoms with E-state index in [1.54, 1.807) is 14.2 Å². The van der Waals surface area contributed by atoms with Crippen molar-refractivity contribution in [3.05, 3.63) is 131 Å². The molecule has 1 aliphatic rings. The van der Waals surface area contributed by atoms with E-state index in [0.29, 0.717) is 23.8 Å². The number of esters is 1.